The Balaban J connectivity index is 0.000000673. The molecule has 0 aliphatic heterocycles. The monoisotopic (exact) mass is 712 g/mol. The molecule has 0 spiro atoms. The molecule has 4 aromatic carbocycles. The average Bonchev–Trinajstić information content (AvgIpc) is 3.50. The summed E-state index contributed by atoms with van der Waals surface area (Å²) in [5, 5.41) is 6.99. The second kappa shape index (κ2) is 15.9. The summed E-state index contributed by atoms with van der Waals surface area (Å²) in [5.74, 6) is 0. The fourth-order valence-electron chi connectivity index (χ4n) is 4.09. The van der Waals surface area contributed by atoms with Crippen LogP contribution in [-0.4, -0.2) is 9.52 Å². The van der Waals surface area contributed by atoms with Crippen LogP contribution in [-0.2, 0) is 36.7 Å². The molecule has 0 fully saturated rings. The summed E-state index contributed by atoms with van der Waals surface area (Å²) >= 11 is 0. The first-order valence-corrected chi connectivity index (χ1v) is 13.7. The van der Waals surface area contributed by atoms with Gasteiger partial charge in [0.05, 0.1) is 9.52 Å². The van der Waals surface area contributed by atoms with Crippen LogP contribution in [0.3, 0.4) is 0 Å². The Labute approximate surface area is 258 Å². The summed E-state index contributed by atoms with van der Waals surface area (Å²) in [4.78, 5) is 0. The van der Waals surface area contributed by atoms with Crippen molar-refractivity contribution in [2.75, 3.05) is 0 Å². The van der Waals surface area contributed by atoms with Crippen molar-refractivity contribution in [1.29, 1.82) is 0 Å². The zero-order chi connectivity index (χ0) is 24.8. The van der Waals surface area contributed by atoms with E-state index in [4.69, 9.17) is 0 Å². The number of rotatable bonds is 1. The molecule has 4 heteroatoms. The van der Waals surface area contributed by atoms with Crippen molar-refractivity contribution in [1.82, 2.24) is 0 Å². The normalized spacial score (nSPS) is 11.9. The molecule has 0 N–H and O–H groups in total. The van der Waals surface area contributed by atoms with Gasteiger partial charge in [-0.1, -0.05) is 125 Å². The molecule has 0 aromatic heterocycles. The van der Waals surface area contributed by atoms with E-state index in [-0.39, 0.29) is 61.5 Å². The fourth-order valence-corrected chi connectivity index (χ4v) is 4.62. The average molecular weight is 712 g/mol. The van der Waals surface area contributed by atoms with Gasteiger partial charge in [0.1, 0.15) is 0 Å². The Bertz CT molecular complexity index is 1260. The van der Waals surface area contributed by atoms with Crippen molar-refractivity contribution in [3.8, 4) is 0 Å². The summed E-state index contributed by atoms with van der Waals surface area (Å²) in [7, 11) is 0.930. The van der Waals surface area contributed by atoms with Gasteiger partial charge in [0.15, 0.2) is 0 Å². The molecule has 192 valence electrons. The first-order valence-electron chi connectivity index (χ1n) is 12.2. The SMILES string of the molecule is CC(C)(C)c1ccc2[cH-]c3c(C(C)(C)C)cccc3c2c1.C[Si]c1ccccc1.[C-]1=CC=CC1.[Cl-].[Cl-].[Hf+4]. The van der Waals surface area contributed by atoms with E-state index in [1.165, 1.54) is 37.9 Å². The summed E-state index contributed by atoms with van der Waals surface area (Å²) in [6, 6.07) is 26.5. The van der Waals surface area contributed by atoms with Gasteiger partial charge in [-0.2, -0.15) is 6.08 Å². The van der Waals surface area contributed by atoms with E-state index in [1.54, 1.807) is 0 Å². The topological polar surface area (TPSA) is 0 Å². The maximum Gasteiger partial charge on any atom is 4.00 e. The molecular formula is C33H38Cl2HfSi. The molecule has 2 radical (unpaired) electrons. The molecule has 0 atom stereocenters. The molecule has 37 heavy (non-hydrogen) atoms. The predicted octanol–water partition coefficient (Wildman–Crippen LogP) is 2.68. The molecule has 0 heterocycles. The minimum absolute atomic E-state index is 0. The zero-order valence-corrected chi connectivity index (χ0v) is 29.2. The number of hydrogen-bond donors (Lipinski definition) is 0. The van der Waals surface area contributed by atoms with Crippen molar-refractivity contribution in [3.05, 3.63) is 108 Å². The minimum Gasteiger partial charge on any atom is -1.00 e. The maximum absolute atomic E-state index is 2.99. The Morgan fingerprint density at radius 3 is 1.92 bits per heavy atom. The van der Waals surface area contributed by atoms with Gasteiger partial charge in [-0.3, -0.25) is 6.08 Å². The molecule has 0 saturated carbocycles. The van der Waals surface area contributed by atoms with E-state index in [0.717, 1.165) is 15.9 Å². The maximum atomic E-state index is 2.99. The quantitative estimate of drug-likeness (QED) is 0.211. The molecule has 1 aliphatic carbocycles. The third-order valence-electron chi connectivity index (χ3n) is 6.07. The standard InChI is InChI=1S/C21H25.C7H8Si.C5H5.2ClH.Hf/c1-20(2,3)15-11-10-14-12-18-16(17(14)13-15)8-7-9-19(18)21(4,5)6;1-8-7-5-3-2-4-6-7;1-2-4-5-3-1;;;/h7-13H,1-6H3;2-6H,1H3;1-3H,4H2;2*1H;/q-1;;-1;;;+4/p-2. The number of hydrogen-bond acceptors (Lipinski definition) is 0. The first kappa shape index (κ1) is 35.7. The van der Waals surface area contributed by atoms with Crippen LogP contribution in [0.1, 0.15) is 59.1 Å². The Morgan fingerprint density at radius 1 is 0.784 bits per heavy atom. The van der Waals surface area contributed by atoms with Crippen molar-refractivity contribution in [2.24, 2.45) is 0 Å². The third-order valence-corrected chi connectivity index (χ3v) is 6.98. The van der Waals surface area contributed by atoms with Crippen LogP contribution in [0.2, 0.25) is 6.55 Å². The van der Waals surface area contributed by atoms with Crippen LogP contribution >= 0.6 is 0 Å². The van der Waals surface area contributed by atoms with E-state index in [2.05, 4.69) is 127 Å². The fraction of sp³-hybridized carbons (Fsp3) is 0.303. The van der Waals surface area contributed by atoms with Crippen LogP contribution < -0.4 is 30.0 Å². The van der Waals surface area contributed by atoms with Gasteiger partial charge in [-0.05, 0) is 10.8 Å². The van der Waals surface area contributed by atoms with Gasteiger partial charge in [0.2, 0.25) is 0 Å². The van der Waals surface area contributed by atoms with Crippen molar-refractivity contribution < 1.29 is 50.7 Å². The van der Waals surface area contributed by atoms with Crippen molar-refractivity contribution in [3.63, 3.8) is 0 Å². The van der Waals surface area contributed by atoms with E-state index < -0.39 is 0 Å². The van der Waals surface area contributed by atoms with Crippen LogP contribution in [0.4, 0.5) is 0 Å². The second-order valence-electron chi connectivity index (χ2n) is 10.8. The zero-order valence-electron chi connectivity index (χ0n) is 23.1. The van der Waals surface area contributed by atoms with Crippen molar-refractivity contribution >= 4 is 36.3 Å². The molecule has 0 nitrogen and oxygen atoms in total. The molecule has 0 unspecified atom stereocenters. The molecule has 0 saturated heterocycles. The van der Waals surface area contributed by atoms with Gasteiger partial charge in [0, 0.05) is 0 Å². The second-order valence-corrected chi connectivity index (χ2v) is 11.9. The van der Waals surface area contributed by atoms with Crippen LogP contribution in [0.15, 0.2) is 91.0 Å². The summed E-state index contributed by atoms with van der Waals surface area (Å²) in [6.07, 6.45) is 10.0. The van der Waals surface area contributed by atoms with E-state index in [1.807, 2.05) is 18.2 Å². The predicted molar refractivity (Wildman–Crippen MR) is 154 cm³/mol. The molecule has 0 amide bonds. The summed E-state index contributed by atoms with van der Waals surface area (Å²) < 4.78 is 0. The number of allylic oxidation sites excluding steroid dienone is 4. The largest absolute Gasteiger partial charge is 4.00 e. The molecule has 4 aromatic rings. The third kappa shape index (κ3) is 10.1. The minimum atomic E-state index is 0. The Morgan fingerprint density at radius 2 is 1.46 bits per heavy atom. The number of fused-ring (bicyclic) bond motifs is 3. The molecule has 0 bridgehead atoms. The van der Waals surface area contributed by atoms with Gasteiger partial charge in [0.25, 0.3) is 0 Å². The van der Waals surface area contributed by atoms with Gasteiger partial charge in [-0.25, -0.2) is 12.2 Å². The molecule has 1 aliphatic rings. The first-order chi connectivity index (χ1) is 16.1. The smallest absolute Gasteiger partial charge is 1.00 e. The Kier molecular flexibility index (Phi) is 15.4. The molecular weight excluding hydrogens is 674 g/mol. The van der Waals surface area contributed by atoms with E-state index >= 15 is 0 Å². The van der Waals surface area contributed by atoms with Gasteiger partial charge < -0.3 is 24.8 Å². The van der Waals surface area contributed by atoms with Crippen LogP contribution in [0.25, 0.3) is 21.5 Å². The van der Waals surface area contributed by atoms with Crippen LogP contribution in [0.5, 0.6) is 0 Å². The Hall–Kier alpha value is -1.32. The van der Waals surface area contributed by atoms with Crippen LogP contribution in [0, 0.1) is 6.08 Å². The van der Waals surface area contributed by atoms with Crippen molar-refractivity contribution in [2.45, 2.75) is 65.3 Å². The van der Waals surface area contributed by atoms with Gasteiger partial charge in [-0.15, -0.1) is 40.1 Å². The number of halogens is 2. The summed E-state index contributed by atoms with van der Waals surface area (Å²) in [5.41, 5.74) is 3.22. The van der Waals surface area contributed by atoms with Gasteiger partial charge >= 0.3 is 25.8 Å². The van der Waals surface area contributed by atoms with E-state index in [9.17, 15) is 0 Å². The number of benzene rings is 3. The summed E-state index contributed by atoms with van der Waals surface area (Å²) in [6.45, 7) is 15.9. The van der Waals surface area contributed by atoms with E-state index in [0.29, 0.717) is 0 Å². The molecule has 5 rings (SSSR count).